The molecule has 0 radical (unpaired) electrons. The van der Waals surface area contributed by atoms with Crippen LogP contribution < -0.4 is 0 Å². The van der Waals surface area contributed by atoms with Crippen molar-refractivity contribution in [1.82, 2.24) is 0 Å². The first-order chi connectivity index (χ1) is 10.8. The molecule has 0 aliphatic heterocycles. The van der Waals surface area contributed by atoms with E-state index in [-0.39, 0.29) is 0 Å². The maximum Gasteiger partial charge on any atom is 0.0406 e. The summed E-state index contributed by atoms with van der Waals surface area (Å²) in [6.07, 6.45) is 2.22. The minimum Gasteiger partial charge on any atom is -0.0894 e. The van der Waals surface area contributed by atoms with Gasteiger partial charge in [-0.15, -0.1) is 0 Å². The van der Waals surface area contributed by atoms with E-state index in [2.05, 4.69) is 66.7 Å². The first kappa shape index (κ1) is 15.0. The largest absolute Gasteiger partial charge is 0.0894 e. The number of hydrogen-bond donors (Lipinski definition) is 0. The average Bonchev–Trinajstić information content (AvgIpc) is 2.58. The average molecular weight is 323 g/mol. The van der Waals surface area contributed by atoms with Crippen molar-refractivity contribution in [1.29, 1.82) is 0 Å². The summed E-state index contributed by atoms with van der Waals surface area (Å²) in [6, 6.07) is 28.8. The van der Waals surface area contributed by atoms with E-state index in [4.69, 9.17) is 11.6 Å². The maximum atomic E-state index is 5.97. The zero-order valence-corrected chi connectivity index (χ0v) is 13.5. The minimum absolute atomic E-state index is 0.762. The number of halogens is 1. The van der Waals surface area contributed by atoms with Gasteiger partial charge in [-0.2, -0.15) is 0 Å². The summed E-state index contributed by atoms with van der Waals surface area (Å²) >= 11 is 7.72. The smallest absolute Gasteiger partial charge is 0.0406 e. The Bertz CT molecular complexity index is 747. The second-order valence-corrected chi connectivity index (χ2v) is 6.39. The molecule has 0 saturated heterocycles. The van der Waals surface area contributed by atoms with E-state index >= 15 is 0 Å². The van der Waals surface area contributed by atoms with Crippen molar-refractivity contribution in [3.05, 3.63) is 101 Å². The van der Waals surface area contributed by atoms with Gasteiger partial charge in [-0.1, -0.05) is 84.0 Å². The molecule has 0 N–H and O–H groups in total. The van der Waals surface area contributed by atoms with Gasteiger partial charge in [0.05, 0.1) is 0 Å². The predicted octanol–water partition coefficient (Wildman–Crippen LogP) is 6.63. The lowest BCUT2D eigenvalue weighted by molar-refractivity contribution is 1.47. The monoisotopic (exact) mass is 322 g/mol. The second kappa shape index (κ2) is 7.35. The molecule has 0 unspecified atom stereocenters. The third-order valence-electron chi connectivity index (χ3n) is 3.20. The van der Waals surface area contributed by atoms with Crippen LogP contribution in [0.3, 0.4) is 0 Å². The molecule has 0 bridgehead atoms. The van der Waals surface area contributed by atoms with Gasteiger partial charge >= 0.3 is 0 Å². The zero-order valence-electron chi connectivity index (χ0n) is 11.9. The highest BCUT2D eigenvalue weighted by Crippen LogP contribution is 2.36. The number of thioether (sulfide) groups is 1. The topological polar surface area (TPSA) is 0 Å². The Labute approximate surface area is 140 Å². The van der Waals surface area contributed by atoms with Crippen LogP contribution in [0.1, 0.15) is 11.1 Å². The van der Waals surface area contributed by atoms with Crippen LogP contribution in [-0.2, 0) is 0 Å². The Balaban J connectivity index is 1.96. The van der Waals surface area contributed by atoms with Crippen LogP contribution in [0.2, 0.25) is 5.02 Å². The van der Waals surface area contributed by atoms with Crippen LogP contribution in [-0.4, -0.2) is 0 Å². The van der Waals surface area contributed by atoms with E-state index in [0.29, 0.717) is 0 Å². The molecule has 22 heavy (non-hydrogen) atoms. The Hall–Kier alpha value is -1.96. The van der Waals surface area contributed by atoms with Crippen molar-refractivity contribution >= 4 is 34.3 Å². The highest BCUT2D eigenvalue weighted by atomic mass is 35.5. The standard InChI is InChI=1S/C20H15ClS/c21-18-11-13-19(14-12-18)22-20(17-9-5-2-6-10-17)15-16-7-3-1-4-8-16/h1-15H/b20-15-. The lowest BCUT2D eigenvalue weighted by Gasteiger charge is -2.08. The summed E-state index contributed by atoms with van der Waals surface area (Å²) in [5.74, 6) is 0. The fourth-order valence-electron chi connectivity index (χ4n) is 2.10. The Morgan fingerprint density at radius 1 is 0.727 bits per heavy atom. The molecule has 0 aliphatic rings. The molecule has 0 saturated carbocycles. The quantitative estimate of drug-likeness (QED) is 0.383. The van der Waals surface area contributed by atoms with Gasteiger partial charge in [0.1, 0.15) is 0 Å². The minimum atomic E-state index is 0.762. The Kier molecular flexibility index (Phi) is 4.99. The Morgan fingerprint density at radius 3 is 1.95 bits per heavy atom. The van der Waals surface area contributed by atoms with Crippen molar-refractivity contribution in [2.45, 2.75) is 4.90 Å². The summed E-state index contributed by atoms with van der Waals surface area (Å²) in [7, 11) is 0. The highest BCUT2D eigenvalue weighted by Gasteiger charge is 2.04. The van der Waals surface area contributed by atoms with E-state index in [1.165, 1.54) is 20.9 Å². The molecule has 0 heterocycles. The number of benzene rings is 3. The second-order valence-electron chi connectivity index (χ2n) is 4.84. The molecule has 0 fully saturated rings. The lowest BCUT2D eigenvalue weighted by atomic mass is 10.1. The summed E-state index contributed by atoms with van der Waals surface area (Å²) in [6.45, 7) is 0. The SMILES string of the molecule is Clc1ccc(S/C(=C\c2ccccc2)c2ccccc2)cc1. The molecule has 3 aromatic rings. The molecule has 0 spiro atoms. The van der Waals surface area contributed by atoms with Gasteiger partial charge in [-0.05, 0) is 41.5 Å². The number of rotatable bonds is 4. The third kappa shape index (κ3) is 4.03. The van der Waals surface area contributed by atoms with Crippen LogP contribution in [0.15, 0.2) is 89.8 Å². The molecule has 0 aliphatic carbocycles. The molecule has 2 heteroatoms. The van der Waals surface area contributed by atoms with E-state index in [1.54, 1.807) is 11.8 Å². The number of hydrogen-bond acceptors (Lipinski definition) is 1. The normalized spacial score (nSPS) is 11.4. The van der Waals surface area contributed by atoms with Crippen molar-refractivity contribution < 1.29 is 0 Å². The van der Waals surface area contributed by atoms with Gasteiger partial charge in [0.2, 0.25) is 0 Å². The first-order valence-electron chi connectivity index (χ1n) is 7.07. The van der Waals surface area contributed by atoms with Gasteiger partial charge in [0, 0.05) is 14.8 Å². The van der Waals surface area contributed by atoms with Crippen LogP contribution in [0.5, 0.6) is 0 Å². The summed E-state index contributed by atoms with van der Waals surface area (Å²) in [4.78, 5) is 2.39. The molecular weight excluding hydrogens is 308 g/mol. The predicted molar refractivity (Wildman–Crippen MR) is 98.1 cm³/mol. The summed E-state index contributed by atoms with van der Waals surface area (Å²) < 4.78 is 0. The highest BCUT2D eigenvalue weighted by molar-refractivity contribution is 8.08. The van der Waals surface area contributed by atoms with Gasteiger partial charge in [-0.3, -0.25) is 0 Å². The van der Waals surface area contributed by atoms with Crippen molar-refractivity contribution in [3.8, 4) is 0 Å². The molecule has 108 valence electrons. The van der Waals surface area contributed by atoms with E-state index in [0.717, 1.165) is 5.02 Å². The molecular formula is C20H15ClS. The lowest BCUT2D eigenvalue weighted by Crippen LogP contribution is -1.81. The van der Waals surface area contributed by atoms with E-state index in [1.807, 2.05) is 24.3 Å². The van der Waals surface area contributed by atoms with Gasteiger partial charge in [0.15, 0.2) is 0 Å². The fraction of sp³-hybridized carbons (Fsp3) is 0. The van der Waals surface area contributed by atoms with Gasteiger partial charge < -0.3 is 0 Å². The van der Waals surface area contributed by atoms with Crippen molar-refractivity contribution in [2.24, 2.45) is 0 Å². The van der Waals surface area contributed by atoms with E-state index in [9.17, 15) is 0 Å². The first-order valence-corrected chi connectivity index (χ1v) is 8.26. The molecule has 0 nitrogen and oxygen atoms in total. The van der Waals surface area contributed by atoms with Crippen LogP contribution >= 0.6 is 23.4 Å². The summed E-state index contributed by atoms with van der Waals surface area (Å²) in [5, 5.41) is 0.762. The van der Waals surface area contributed by atoms with E-state index < -0.39 is 0 Å². The zero-order chi connectivity index (χ0) is 15.2. The molecule has 0 aromatic heterocycles. The molecule has 3 aromatic carbocycles. The fourth-order valence-corrected chi connectivity index (χ4v) is 3.21. The van der Waals surface area contributed by atoms with Crippen molar-refractivity contribution in [2.75, 3.05) is 0 Å². The van der Waals surface area contributed by atoms with Crippen LogP contribution in [0.4, 0.5) is 0 Å². The summed E-state index contributed by atoms with van der Waals surface area (Å²) in [5.41, 5.74) is 2.41. The van der Waals surface area contributed by atoms with Crippen molar-refractivity contribution in [3.63, 3.8) is 0 Å². The van der Waals surface area contributed by atoms with Gasteiger partial charge in [0.25, 0.3) is 0 Å². The third-order valence-corrected chi connectivity index (χ3v) is 4.53. The van der Waals surface area contributed by atoms with Crippen LogP contribution in [0, 0.1) is 0 Å². The molecule has 0 amide bonds. The Morgan fingerprint density at radius 2 is 1.32 bits per heavy atom. The molecule has 3 rings (SSSR count). The maximum absolute atomic E-state index is 5.97. The van der Waals surface area contributed by atoms with Gasteiger partial charge in [-0.25, -0.2) is 0 Å². The molecule has 0 atom stereocenters. The van der Waals surface area contributed by atoms with Crippen LogP contribution in [0.25, 0.3) is 11.0 Å².